The highest BCUT2D eigenvalue weighted by Gasteiger charge is 2.39. The molecule has 0 unspecified atom stereocenters. The van der Waals surface area contributed by atoms with Gasteiger partial charge in [0, 0.05) is 18.5 Å². The molecule has 84 valence electrons. The monoisotopic (exact) mass is 227 g/mol. The maximum atomic E-state index is 6.30. The van der Waals surface area contributed by atoms with Crippen molar-refractivity contribution in [1.82, 2.24) is 9.78 Å². The largest absolute Gasteiger partial charge is 0.325 e. The average molecular weight is 228 g/mol. The van der Waals surface area contributed by atoms with E-state index in [9.17, 15) is 0 Å². The summed E-state index contributed by atoms with van der Waals surface area (Å²) in [5.74, 6) is 0. The van der Waals surface area contributed by atoms with Crippen molar-refractivity contribution in [3.05, 3.63) is 16.4 Å². The summed E-state index contributed by atoms with van der Waals surface area (Å²) in [6, 6.07) is 0. The Labute approximate surface area is 95.6 Å². The fourth-order valence-electron chi connectivity index (χ4n) is 1.86. The van der Waals surface area contributed by atoms with Gasteiger partial charge in [-0.2, -0.15) is 5.10 Å². The third-order valence-corrected chi connectivity index (χ3v) is 3.54. The van der Waals surface area contributed by atoms with Crippen LogP contribution < -0.4 is 5.73 Å². The van der Waals surface area contributed by atoms with E-state index in [0.717, 1.165) is 48.6 Å². The molecule has 1 fully saturated rings. The van der Waals surface area contributed by atoms with Crippen molar-refractivity contribution in [3.63, 3.8) is 0 Å². The molecule has 0 aliphatic heterocycles. The van der Waals surface area contributed by atoms with Crippen LogP contribution in [0.4, 0.5) is 0 Å². The molecule has 0 saturated heterocycles. The van der Waals surface area contributed by atoms with Gasteiger partial charge in [0.25, 0.3) is 0 Å². The quantitative estimate of drug-likeness (QED) is 0.857. The van der Waals surface area contributed by atoms with Crippen LogP contribution in [0, 0.1) is 0 Å². The number of hydrogen-bond acceptors (Lipinski definition) is 2. The van der Waals surface area contributed by atoms with Gasteiger partial charge >= 0.3 is 0 Å². The molecule has 0 atom stereocenters. The summed E-state index contributed by atoms with van der Waals surface area (Å²) < 4.78 is 1.99. The predicted octanol–water partition coefficient (Wildman–Crippen LogP) is 2.15. The summed E-state index contributed by atoms with van der Waals surface area (Å²) in [5.41, 5.74) is 8.24. The molecule has 1 aromatic rings. The molecule has 1 heterocycles. The van der Waals surface area contributed by atoms with Gasteiger partial charge in [0.2, 0.25) is 0 Å². The molecule has 0 radical (unpaired) electrons. The van der Waals surface area contributed by atoms with Gasteiger partial charge in [-0.15, -0.1) is 0 Å². The lowest BCUT2D eigenvalue weighted by Gasteiger charge is -2.10. The van der Waals surface area contributed by atoms with Crippen molar-refractivity contribution < 1.29 is 0 Å². The minimum Gasteiger partial charge on any atom is -0.325 e. The molecule has 15 heavy (non-hydrogen) atoms. The smallest absolute Gasteiger partial charge is 0.0850 e. The first-order valence-corrected chi connectivity index (χ1v) is 6.00. The van der Waals surface area contributed by atoms with Crippen LogP contribution in [-0.4, -0.2) is 15.3 Å². The standard InChI is InChI=1S/C11H18ClN3/c1-3-8-10(12)9(15(4-2)14-8)7-11(13)5-6-11/h3-7,13H2,1-2H3. The molecule has 3 nitrogen and oxygen atoms in total. The van der Waals surface area contributed by atoms with E-state index >= 15 is 0 Å². The third kappa shape index (κ3) is 2.04. The summed E-state index contributed by atoms with van der Waals surface area (Å²) in [6.45, 7) is 5.03. The van der Waals surface area contributed by atoms with Crippen molar-refractivity contribution in [2.45, 2.75) is 51.6 Å². The van der Waals surface area contributed by atoms with E-state index in [1.54, 1.807) is 0 Å². The Bertz CT molecular complexity index is 366. The van der Waals surface area contributed by atoms with Gasteiger partial charge in [-0.3, -0.25) is 4.68 Å². The average Bonchev–Trinajstić information content (AvgIpc) is 2.87. The first-order chi connectivity index (χ1) is 7.09. The molecular formula is C11H18ClN3. The first kappa shape index (κ1) is 11.0. The van der Waals surface area contributed by atoms with E-state index in [0.29, 0.717) is 0 Å². The van der Waals surface area contributed by atoms with Gasteiger partial charge in [0.05, 0.1) is 16.4 Å². The number of aromatic nitrogens is 2. The predicted molar refractivity (Wildman–Crippen MR) is 62.1 cm³/mol. The topological polar surface area (TPSA) is 43.8 Å². The van der Waals surface area contributed by atoms with E-state index in [4.69, 9.17) is 17.3 Å². The fourth-order valence-corrected chi connectivity index (χ4v) is 2.19. The van der Waals surface area contributed by atoms with E-state index < -0.39 is 0 Å². The van der Waals surface area contributed by atoms with Crippen LogP contribution in [0.3, 0.4) is 0 Å². The highest BCUT2D eigenvalue weighted by Crippen LogP contribution is 2.37. The molecule has 1 aromatic heterocycles. The Balaban J connectivity index is 2.30. The van der Waals surface area contributed by atoms with Gasteiger partial charge in [-0.05, 0) is 26.2 Å². The minimum absolute atomic E-state index is 0.00159. The van der Waals surface area contributed by atoms with Gasteiger partial charge in [0.15, 0.2) is 0 Å². The van der Waals surface area contributed by atoms with Crippen LogP contribution in [0.25, 0.3) is 0 Å². The Morgan fingerprint density at radius 1 is 1.47 bits per heavy atom. The summed E-state index contributed by atoms with van der Waals surface area (Å²) >= 11 is 6.30. The van der Waals surface area contributed by atoms with E-state index in [2.05, 4.69) is 18.9 Å². The van der Waals surface area contributed by atoms with Gasteiger partial charge in [-0.25, -0.2) is 0 Å². The summed E-state index contributed by atoms with van der Waals surface area (Å²) in [6.07, 6.45) is 3.97. The maximum absolute atomic E-state index is 6.30. The molecular weight excluding hydrogens is 210 g/mol. The molecule has 2 rings (SSSR count). The third-order valence-electron chi connectivity index (χ3n) is 3.11. The maximum Gasteiger partial charge on any atom is 0.0850 e. The van der Waals surface area contributed by atoms with Crippen molar-refractivity contribution in [2.75, 3.05) is 0 Å². The van der Waals surface area contributed by atoms with Crippen LogP contribution in [0.5, 0.6) is 0 Å². The summed E-state index contributed by atoms with van der Waals surface area (Å²) in [5, 5.41) is 5.32. The Hall–Kier alpha value is -0.540. The molecule has 0 spiro atoms. The normalized spacial score (nSPS) is 18.1. The van der Waals surface area contributed by atoms with E-state index in [-0.39, 0.29) is 5.54 Å². The second kappa shape index (κ2) is 3.80. The number of hydrogen-bond donors (Lipinski definition) is 1. The SMILES string of the molecule is CCc1nn(CC)c(CC2(N)CC2)c1Cl. The molecule has 1 aliphatic rings. The van der Waals surface area contributed by atoms with E-state index in [1.807, 2.05) is 4.68 Å². The van der Waals surface area contributed by atoms with Crippen molar-refractivity contribution in [1.29, 1.82) is 0 Å². The Morgan fingerprint density at radius 3 is 2.60 bits per heavy atom. The zero-order valence-corrected chi connectivity index (χ0v) is 10.1. The molecule has 4 heteroatoms. The Morgan fingerprint density at radius 2 is 2.13 bits per heavy atom. The lowest BCUT2D eigenvalue weighted by atomic mass is 10.1. The minimum atomic E-state index is 0.00159. The number of rotatable bonds is 4. The van der Waals surface area contributed by atoms with Gasteiger partial charge < -0.3 is 5.73 Å². The fraction of sp³-hybridized carbons (Fsp3) is 0.727. The number of nitrogens with zero attached hydrogens (tertiary/aromatic N) is 2. The van der Waals surface area contributed by atoms with Crippen molar-refractivity contribution >= 4 is 11.6 Å². The number of aryl methyl sites for hydroxylation is 2. The molecule has 1 saturated carbocycles. The second-order valence-corrected chi connectivity index (χ2v) is 4.79. The zero-order valence-electron chi connectivity index (χ0n) is 9.39. The summed E-state index contributed by atoms with van der Waals surface area (Å²) in [7, 11) is 0. The Kier molecular flexibility index (Phi) is 2.77. The van der Waals surface area contributed by atoms with Crippen LogP contribution in [0.1, 0.15) is 38.1 Å². The molecule has 1 aliphatic carbocycles. The number of nitrogens with two attached hydrogens (primary N) is 1. The molecule has 0 amide bonds. The summed E-state index contributed by atoms with van der Waals surface area (Å²) in [4.78, 5) is 0. The van der Waals surface area contributed by atoms with Crippen molar-refractivity contribution in [2.24, 2.45) is 5.73 Å². The van der Waals surface area contributed by atoms with Gasteiger partial charge in [0.1, 0.15) is 0 Å². The van der Waals surface area contributed by atoms with Gasteiger partial charge in [-0.1, -0.05) is 18.5 Å². The van der Waals surface area contributed by atoms with E-state index in [1.165, 1.54) is 0 Å². The van der Waals surface area contributed by atoms with Crippen LogP contribution in [0.15, 0.2) is 0 Å². The zero-order chi connectivity index (χ0) is 11.1. The number of halogens is 1. The highest BCUT2D eigenvalue weighted by atomic mass is 35.5. The second-order valence-electron chi connectivity index (χ2n) is 4.42. The molecule has 0 bridgehead atoms. The molecule has 0 aromatic carbocycles. The first-order valence-electron chi connectivity index (χ1n) is 5.62. The van der Waals surface area contributed by atoms with Crippen LogP contribution in [0.2, 0.25) is 5.02 Å². The van der Waals surface area contributed by atoms with Crippen molar-refractivity contribution in [3.8, 4) is 0 Å². The highest BCUT2D eigenvalue weighted by molar-refractivity contribution is 6.31. The van der Waals surface area contributed by atoms with Crippen LogP contribution >= 0.6 is 11.6 Å². The lowest BCUT2D eigenvalue weighted by molar-refractivity contribution is 0.570. The lowest BCUT2D eigenvalue weighted by Crippen LogP contribution is -2.26. The van der Waals surface area contributed by atoms with Crippen LogP contribution in [-0.2, 0) is 19.4 Å². The molecule has 2 N–H and O–H groups in total.